The fourth-order valence-electron chi connectivity index (χ4n) is 2.19. The summed E-state index contributed by atoms with van der Waals surface area (Å²) in [5.74, 6) is 0.358. The number of nitrogens with zero attached hydrogens (tertiary/aromatic N) is 2. The average molecular weight is 304 g/mol. The summed E-state index contributed by atoms with van der Waals surface area (Å²) in [6.45, 7) is 0. The van der Waals surface area contributed by atoms with E-state index >= 15 is 0 Å². The van der Waals surface area contributed by atoms with Crippen molar-refractivity contribution >= 4 is 23.2 Å². The number of thioether (sulfide) groups is 1. The van der Waals surface area contributed by atoms with Gasteiger partial charge in [0, 0.05) is 16.9 Å². The molecule has 1 saturated carbocycles. The largest absolute Gasteiger partial charge is 0.360 e. The number of hydrogen-bond acceptors (Lipinski definition) is 6. The Kier molecular flexibility index (Phi) is 3.50. The summed E-state index contributed by atoms with van der Waals surface area (Å²) < 4.78 is 5.13. The first-order chi connectivity index (χ1) is 10.1. The molecule has 3 rings (SSSR count). The zero-order valence-corrected chi connectivity index (χ0v) is 12.1. The number of rotatable bonds is 5. The van der Waals surface area contributed by atoms with Gasteiger partial charge in [0.2, 0.25) is 5.78 Å². The zero-order chi connectivity index (χ0) is 15.0. The quantitative estimate of drug-likeness (QED) is 0.364. The van der Waals surface area contributed by atoms with Crippen molar-refractivity contribution in [3.05, 3.63) is 51.4 Å². The molecule has 2 aromatic rings. The van der Waals surface area contributed by atoms with Crippen molar-refractivity contribution in [1.29, 1.82) is 0 Å². The summed E-state index contributed by atoms with van der Waals surface area (Å²) in [7, 11) is 0. The maximum atomic E-state index is 12.6. The van der Waals surface area contributed by atoms with Gasteiger partial charge in [0.1, 0.15) is 5.56 Å². The van der Waals surface area contributed by atoms with Crippen LogP contribution in [-0.2, 0) is 0 Å². The van der Waals surface area contributed by atoms with Crippen molar-refractivity contribution in [3.8, 4) is 0 Å². The fraction of sp³-hybridized carbons (Fsp3) is 0.286. The third-order valence-corrected chi connectivity index (χ3v) is 4.16. The van der Waals surface area contributed by atoms with Gasteiger partial charge in [-0.3, -0.25) is 14.9 Å². The predicted octanol–water partition coefficient (Wildman–Crippen LogP) is 3.41. The highest BCUT2D eigenvalue weighted by molar-refractivity contribution is 7.98. The summed E-state index contributed by atoms with van der Waals surface area (Å²) in [6, 6.07) is 4.62. The smallest absolute Gasteiger partial charge is 0.281 e. The molecule has 0 bridgehead atoms. The van der Waals surface area contributed by atoms with Crippen molar-refractivity contribution in [1.82, 2.24) is 5.16 Å². The molecule has 0 N–H and O–H groups in total. The summed E-state index contributed by atoms with van der Waals surface area (Å²) in [4.78, 5) is 24.0. The van der Waals surface area contributed by atoms with Crippen LogP contribution >= 0.6 is 11.8 Å². The topological polar surface area (TPSA) is 86.2 Å². The van der Waals surface area contributed by atoms with Crippen molar-refractivity contribution in [3.63, 3.8) is 0 Å². The minimum atomic E-state index is -0.530. The van der Waals surface area contributed by atoms with Gasteiger partial charge in [-0.05, 0) is 31.2 Å². The number of ketones is 1. The van der Waals surface area contributed by atoms with E-state index in [1.165, 1.54) is 30.1 Å². The maximum Gasteiger partial charge on any atom is 0.281 e. The van der Waals surface area contributed by atoms with Gasteiger partial charge in [-0.25, -0.2) is 0 Å². The Bertz CT molecular complexity index is 722. The molecule has 1 aromatic heterocycles. The number of hydrogen-bond donors (Lipinski definition) is 0. The predicted molar refractivity (Wildman–Crippen MR) is 76.8 cm³/mol. The second-order valence-corrected chi connectivity index (χ2v) is 5.73. The average Bonchev–Trinajstić information content (AvgIpc) is 3.23. The van der Waals surface area contributed by atoms with Gasteiger partial charge in [0.25, 0.3) is 5.69 Å². The molecule has 0 atom stereocenters. The SMILES string of the molecule is CSc1ccc(C(=O)c2cnoc2C2CC2)c([N+](=O)[O-])c1. The number of nitro groups is 1. The Morgan fingerprint density at radius 2 is 2.19 bits per heavy atom. The fourth-order valence-corrected chi connectivity index (χ4v) is 2.62. The van der Waals surface area contributed by atoms with Crippen LogP contribution in [0.25, 0.3) is 0 Å². The number of benzene rings is 1. The third kappa shape index (κ3) is 2.56. The first kappa shape index (κ1) is 13.8. The molecule has 7 heteroatoms. The first-order valence-electron chi connectivity index (χ1n) is 6.43. The molecule has 0 amide bonds. The highest BCUT2D eigenvalue weighted by Crippen LogP contribution is 2.42. The van der Waals surface area contributed by atoms with E-state index in [9.17, 15) is 14.9 Å². The zero-order valence-electron chi connectivity index (χ0n) is 11.2. The summed E-state index contributed by atoms with van der Waals surface area (Å²) in [6.07, 6.45) is 5.10. The van der Waals surface area contributed by atoms with Crippen molar-refractivity contribution in [2.24, 2.45) is 0 Å². The van der Waals surface area contributed by atoms with E-state index in [4.69, 9.17) is 4.52 Å². The van der Waals surface area contributed by atoms with E-state index in [1.54, 1.807) is 6.07 Å². The number of carbonyl (C=O) groups is 1. The van der Waals surface area contributed by atoms with Crippen molar-refractivity contribution in [2.45, 2.75) is 23.7 Å². The Morgan fingerprint density at radius 3 is 2.81 bits per heavy atom. The molecule has 1 aliphatic rings. The van der Waals surface area contributed by atoms with E-state index in [-0.39, 0.29) is 17.2 Å². The summed E-state index contributed by atoms with van der Waals surface area (Å²) in [5, 5.41) is 14.9. The van der Waals surface area contributed by atoms with Gasteiger partial charge in [0.05, 0.1) is 16.7 Å². The van der Waals surface area contributed by atoms with Crippen LogP contribution in [0.1, 0.15) is 40.4 Å². The van der Waals surface area contributed by atoms with Gasteiger partial charge in [-0.15, -0.1) is 11.8 Å². The molecule has 21 heavy (non-hydrogen) atoms. The number of carbonyl (C=O) groups excluding carboxylic acids is 1. The van der Waals surface area contributed by atoms with Gasteiger partial charge >= 0.3 is 0 Å². The minimum absolute atomic E-state index is 0.0721. The highest BCUT2D eigenvalue weighted by Gasteiger charge is 2.34. The minimum Gasteiger partial charge on any atom is -0.360 e. The van der Waals surface area contributed by atoms with Crippen molar-refractivity contribution in [2.75, 3.05) is 6.26 Å². The standard InChI is InChI=1S/C14H12N2O4S/c1-21-9-4-5-10(12(6-9)16(18)19)13(17)11-7-15-20-14(11)8-2-3-8/h4-8H,2-3H2,1H3. The van der Waals surface area contributed by atoms with Crippen LogP contribution in [0, 0.1) is 10.1 Å². The van der Waals surface area contributed by atoms with Crippen LogP contribution in [0.15, 0.2) is 33.8 Å². The lowest BCUT2D eigenvalue weighted by atomic mass is 10.0. The molecule has 1 aromatic carbocycles. The first-order valence-corrected chi connectivity index (χ1v) is 7.66. The molecule has 0 aliphatic heterocycles. The molecule has 1 aliphatic carbocycles. The molecule has 1 heterocycles. The van der Waals surface area contributed by atoms with Gasteiger partial charge in [-0.1, -0.05) is 5.16 Å². The highest BCUT2D eigenvalue weighted by atomic mass is 32.2. The van der Waals surface area contributed by atoms with Gasteiger partial charge in [-0.2, -0.15) is 0 Å². The Morgan fingerprint density at radius 1 is 1.43 bits per heavy atom. The second-order valence-electron chi connectivity index (χ2n) is 4.85. The van der Waals surface area contributed by atoms with E-state index in [0.29, 0.717) is 11.3 Å². The molecule has 6 nitrogen and oxygen atoms in total. The Balaban J connectivity index is 2.04. The monoisotopic (exact) mass is 304 g/mol. The molecular formula is C14H12N2O4S. The van der Waals surface area contributed by atoms with E-state index < -0.39 is 10.7 Å². The van der Waals surface area contributed by atoms with Crippen LogP contribution in [-0.4, -0.2) is 22.1 Å². The van der Waals surface area contributed by atoms with Crippen LogP contribution in [0.4, 0.5) is 5.69 Å². The molecule has 1 fully saturated rings. The maximum absolute atomic E-state index is 12.6. The summed E-state index contributed by atoms with van der Waals surface area (Å²) >= 11 is 1.39. The second kappa shape index (κ2) is 5.33. The molecule has 0 radical (unpaired) electrons. The number of nitro benzene ring substituents is 1. The lowest BCUT2D eigenvalue weighted by molar-refractivity contribution is -0.385. The van der Waals surface area contributed by atoms with Gasteiger partial charge in [0.15, 0.2) is 5.76 Å². The number of aromatic nitrogens is 1. The van der Waals surface area contributed by atoms with Crippen LogP contribution in [0.3, 0.4) is 0 Å². The summed E-state index contributed by atoms with van der Waals surface area (Å²) in [5.41, 5.74) is 0.218. The third-order valence-electron chi connectivity index (χ3n) is 3.44. The molecule has 0 saturated heterocycles. The van der Waals surface area contributed by atoms with Crippen LogP contribution in [0.2, 0.25) is 0 Å². The van der Waals surface area contributed by atoms with Crippen molar-refractivity contribution < 1.29 is 14.2 Å². The molecule has 108 valence electrons. The van der Waals surface area contributed by atoms with E-state index in [1.807, 2.05) is 6.26 Å². The van der Waals surface area contributed by atoms with E-state index in [0.717, 1.165) is 17.7 Å². The lowest BCUT2D eigenvalue weighted by Gasteiger charge is -2.04. The molecule has 0 spiro atoms. The normalized spacial score (nSPS) is 14.1. The van der Waals surface area contributed by atoms with Crippen LogP contribution < -0.4 is 0 Å². The van der Waals surface area contributed by atoms with Crippen LogP contribution in [0.5, 0.6) is 0 Å². The molecular weight excluding hydrogens is 292 g/mol. The van der Waals surface area contributed by atoms with E-state index in [2.05, 4.69) is 5.16 Å². The Labute approximate surface area is 124 Å². The lowest BCUT2D eigenvalue weighted by Crippen LogP contribution is -2.06. The van der Waals surface area contributed by atoms with Gasteiger partial charge < -0.3 is 4.52 Å². The molecule has 0 unspecified atom stereocenters. The Hall–Kier alpha value is -2.15.